The molecule has 1 aromatic heterocycles. The third-order valence-corrected chi connectivity index (χ3v) is 7.11. The van der Waals surface area contributed by atoms with E-state index in [2.05, 4.69) is 5.32 Å². The number of aromatic nitrogens is 1. The fourth-order valence-corrected chi connectivity index (χ4v) is 4.71. The van der Waals surface area contributed by atoms with Crippen molar-refractivity contribution in [2.45, 2.75) is 24.5 Å². The third kappa shape index (κ3) is 5.92. The lowest BCUT2D eigenvalue weighted by molar-refractivity contribution is -0.139. The number of benzene rings is 3. The molecule has 1 unspecified atom stereocenters. The average molecular weight is 537 g/mol. The first kappa shape index (κ1) is 26.6. The van der Waals surface area contributed by atoms with Gasteiger partial charge in [0.15, 0.2) is 15.9 Å². The van der Waals surface area contributed by atoms with Crippen molar-refractivity contribution in [1.29, 1.82) is 0 Å². The predicted molar refractivity (Wildman–Crippen MR) is 139 cm³/mol. The number of halogens is 1. The molecule has 2 N–H and O–H groups in total. The number of alkyl carbamates (subject to hydrolysis) is 1. The van der Waals surface area contributed by atoms with Crippen molar-refractivity contribution < 1.29 is 32.2 Å². The first-order chi connectivity index (χ1) is 18.0. The van der Waals surface area contributed by atoms with Gasteiger partial charge < -0.3 is 19.7 Å². The molecule has 0 aliphatic rings. The summed E-state index contributed by atoms with van der Waals surface area (Å²) in [6.45, 7) is 1.65. The molecule has 0 aliphatic heterocycles. The van der Waals surface area contributed by atoms with E-state index < -0.39 is 33.8 Å². The molecule has 0 aliphatic carbocycles. The number of nitrogens with zero attached hydrogens (tertiary/aromatic N) is 1. The van der Waals surface area contributed by atoms with E-state index in [9.17, 15) is 27.5 Å². The Morgan fingerprint density at radius 3 is 2.21 bits per heavy atom. The van der Waals surface area contributed by atoms with Crippen LogP contribution in [0.1, 0.15) is 22.9 Å². The molecule has 0 saturated carbocycles. The van der Waals surface area contributed by atoms with Crippen LogP contribution in [0.4, 0.5) is 9.18 Å². The van der Waals surface area contributed by atoms with Crippen molar-refractivity contribution >= 4 is 21.9 Å². The summed E-state index contributed by atoms with van der Waals surface area (Å²) >= 11 is 0. The summed E-state index contributed by atoms with van der Waals surface area (Å²) in [4.78, 5) is 24.9. The van der Waals surface area contributed by atoms with Gasteiger partial charge in [0.25, 0.3) is 0 Å². The van der Waals surface area contributed by atoms with Gasteiger partial charge in [0.1, 0.15) is 12.4 Å². The van der Waals surface area contributed by atoms with Crippen LogP contribution >= 0.6 is 0 Å². The summed E-state index contributed by atoms with van der Waals surface area (Å²) in [6, 6.07) is 20.9. The zero-order chi connectivity index (χ0) is 27.4. The van der Waals surface area contributed by atoms with Crippen molar-refractivity contribution in [3.8, 4) is 16.9 Å². The number of amides is 1. The summed E-state index contributed by atoms with van der Waals surface area (Å²) in [5, 5.41) is 12.4. The molecule has 0 bridgehead atoms. The minimum absolute atomic E-state index is 0.0352. The molecule has 196 valence electrons. The molecular weight excluding hydrogens is 511 g/mol. The maximum atomic E-state index is 13.7. The van der Waals surface area contributed by atoms with Gasteiger partial charge in [-0.2, -0.15) is 0 Å². The zero-order valence-electron chi connectivity index (χ0n) is 20.6. The van der Waals surface area contributed by atoms with Crippen LogP contribution in [0.3, 0.4) is 0 Å². The summed E-state index contributed by atoms with van der Waals surface area (Å²) in [5.41, 5.74) is 3.16. The van der Waals surface area contributed by atoms with Gasteiger partial charge in [-0.3, -0.25) is 0 Å². The van der Waals surface area contributed by atoms with Crippen molar-refractivity contribution in [1.82, 2.24) is 9.88 Å². The van der Waals surface area contributed by atoms with Crippen molar-refractivity contribution in [3.63, 3.8) is 0 Å². The quantitative estimate of drug-likeness (QED) is 0.326. The van der Waals surface area contributed by atoms with Crippen LogP contribution < -0.4 is 5.32 Å². The molecule has 8 nitrogen and oxygen atoms in total. The molecule has 0 spiro atoms. The molecule has 10 heteroatoms. The standard InChI is InChI=1S/C28H25FN2O6S/c1-18-24(26(27(32)33)30-28(34)37-17-19-6-4-3-5-7-19)16-25(31(18)22-12-10-21(29)11-13-22)20-8-14-23(15-9-20)38(2,35)36/h3-16,26H,17H2,1-2H3,(H,30,34)(H,32,33). The number of ether oxygens (including phenoxy) is 1. The van der Waals surface area contributed by atoms with Crippen LogP contribution in [0.25, 0.3) is 16.9 Å². The van der Waals surface area contributed by atoms with E-state index in [1.54, 1.807) is 54.0 Å². The first-order valence-electron chi connectivity index (χ1n) is 11.5. The van der Waals surface area contributed by atoms with Crippen LogP contribution in [-0.4, -0.2) is 36.4 Å². The van der Waals surface area contributed by atoms with Gasteiger partial charge in [0.05, 0.1) is 10.6 Å². The Morgan fingerprint density at radius 2 is 1.63 bits per heavy atom. The van der Waals surface area contributed by atoms with Crippen molar-refractivity contribution in [2.75, 3.05) is 6.26 Å². The number of carbonyl (C=O) groups is 2. The second-order valence-corrected chi connectivity index (χ2v) is 10.7. The highest BCUT2D eigenvalue weighted by Crippen LogP contribution is 2.33. The molecule has 4 aromatic rings. The SMILES string of the molecule is Cc1c(C(NC(=O)OCc2ccccc2)C(=O)O)cc(-c2ccc(S(C)(=O)=O)cc2)n1-c1ccc(F)cc1. The smallest absolute Gasteiger partial charge is 0.408 e. The van der Waals surface area contributed by atoms with E-state index in [-0.39, 0.29) is 17.1 Å². The van der Waals surface area contributed by atoms with Crippen LogP contribution in [-0.2, 0) is 26.0 Å². The molecule has 0 fully saturated rings. The number of carboxylic acid groups (broad SMARTS) is 1. The number of sulfone groups is 1. The lowest BCUT2D eigenvalue weighted by Gasteiger charge is -2.16. The van der Waals surface area contributed by atoms with E-state index >= 15 is 0 Å². The molecule has 38 heavy (non-hydrogen) atoms. The van der Waals surface area contributed by atoms with Crippen molar-refractivity contribution in [2.24, 2.45) is 0 Å². The fraction of sp³-hybridized carbons (Fsp3) is 0.143. The predicted octanol–water partition coefficient (Wildman–Crippen LogP) is 5.05. The molecular formula is C28H25FN2O6S. The zero-order valence-corrected chi connectivity index (χ0v) is 21.4. The number of hydrogen-bond acceptors (Lipinski definition) is 5. The Bertz CT molecular complexity index is 1560. The largest absolute Gasteiger partial charge is 0.479 e. The van der Waals surface area contributed by atoms with Gasteiger partial charge in [0.2, 0.25) is 0 Å². The monoisotopic (exact) mass is 536 g/mol. The van der Waals surface area contributed by atoms with Gasteiger partial charge in [-0.25, -0.2) is 22.4 Å². The van der Waals surface area contributed by atoms with E-state index in [1.165, 1.54) is 36.4 Å². The Morgan fingerprint density at radius 1 is 1.00 bits per heavy atom. The minimum Gasteiger partial charge on any atom is -0.479 e. The lowest BCUT2D eigenvalue weighted by atomic mass is 10.1. The normalized spacial score (nSPS) is 12.1. The highest BCUT2D eigenvalue weighted by Gasteiger charge is 2.29. The van der Waals surface area contributed by atoms with Gasteiger partial charge in [0, 0.05) is 23.2 Å². The van der Waals surface area contributed by atoms with E-state index in [4.69, 9.17) is 4.74 Å². The summed E-state index contributed by atoms with van der Waals surface area (Å²) < 4.78 is 44.4. The van der Waals surface area contributed by atoms with Gasteiger partial charge in [-0.05, 0) is 60.5 Å². The van der Waals surface area contributed by atoms with Gasteiger partial charge >= 0.3 is 12.1 Å². The molecule has 3 aromatic carbocycles. The lowest BCUT2D eigenvalue weighted by Crippen LogP contribution is -2.34. The van der Waals surface area contributed by atoms with E-state index in [0.717, 1.165) is 11.8 Å². The fourth-order valence-electron chi connectivity index (χ4n) is 4.08. The topological polar surface area (TPSA) is 115 Å². The summed E-state index contributed by atoms with van der Waals surface area (Å²) in [5.74, 6) is -1.75. The number of rotatable bonds is 8. The number of carbonyl (C=O) groups excluding carboxylic acids is 1. The second-order valence-electron chi connectivity index (χ2n) is 8.66. The van der Waals surface area contributed by atoms with Gasteiger partial charge in [-0.15, -0.1) is 0 Å². The molecule has 0 radical (unpaired) electrons. The highest BCUT2D eigenvalue weighted by atomic mass is 32.2. The maximum Gasteiger partial charge on any atom is 0.408 e. The Hall–Kier alpha value is -4.44. The second kappa shape index (κ2) is 10.9. The number of hydrogen-bond donors (Lipinski definition) is 2. The molecule has 1 heterocycles. The Labute approximate surface area is 219 Å². The van der Waals surface area contributed by atoms with Crippen LogP contribution in [0, 0.1) is 12.7 Å². The molecule has 0 saturated heterocycles. The van der Waals surface area contributed by atoms with Crippen LogP contribution in [0.15, 0.2) is 89.8 Å². The third-order valence-electron chi connectivity index (χ3n) is 5.98. The maximum absolute atomic E-state index is 13.7. The summed E-state index contributed by atoms with van der Waals surface area (Å²) in [7, 11) is -3.42. The first-order valence-corrected chi connectivity index (χ1v) is 13.4. The molecule has 4 rings (SSSR count). The molecule has 1 atom stereocenters. The van der Waals surface area contributed by atoms with Crippen molar-refractivity contribution in [3.05, 3.63) is 108 Å². The number of carboxylic acids is 1. The molecule has 1 amide bonds. The van der Waals surface area contributed by atoms with E-state index in [1.807, 2.05) is 6.07 Å². The number of aliphatic carboxylic acids is 1. The Balaban J connectivity index is 1.73. The van der Waals surface area contributed by atoms with Crippen LogP contribution in [0.5, 0.6) is 0 Å². The Kier molecular flexibility index (Phi) is 7.63. The van der Waals surface area contributed by atoms with E-state index in [0.29, 0.717) is 22.6 Å². The summed E-state index contributed by atoms with van der Waals surface area (Å²) in [6.07, 6.45) is 0.195. The average Bonchev–Trinajstić information content (AvgIpc) is 3.23. The number of nitrogens with one attached hydrogen (secondary N) is 1. The minimum atomic E-state index is -3.42. The van der Waals surface area contributed by atoms with Gasteiger partial charge in [-0.1, -0.05) is 42.5 Å². The van der Waals surface area contributed by atoms with Crippen LogP contribution in [0.2, 0.25) is 0 Å². The highest BCUT2D eigenvalue weighted by molar-refractivity contribution is 7.90.